The Morgan fingerprint density at radius 3 is 2.77 bits per heavy atom. The van der Waals surface area contributed by atoms with E-state index in [2.05, 4.69) is 4.99 Å². The smallest absolute Gasteiger partial charge is 0.244 e. The largest absolute Gasteiger partial charge is 0.314 e. The van der Waals surface area contributed by atoms with Gasteiger partial charge in [-0.15, -0.1) is 0 Å². The number of carbonyl (C=O) groups excluding carboxylic acids is 1. The number of thioether (sulfide) groups is 1. The first-order valence-electron chi connectivity index (χ1n) is 6.47. The van der Waals surface area contributed by atoms with Crippen molar-refractivity contribution in [3.8, 4) is 0 Å². The van der Waals surface area contributed by atoms with Crippen LogP contribution in [-0.2, 0) is 14.6 Å². The molecule has 1 aromatic carbocycles. The minimum Gasteiger partial charge on any atom is -0.314 e. The van der Waals surface area contributed by atoms with Crippen molar-refractivity contribution in [3.05, 3.63) is 28.2 Å². The highest BCUT2D eigenvalue weighted by molar-refractivity contribution is 8.16. The lowest BCUT2D eigenvalue weighted by Crippen LogP contribution is -2.37. The molecule has 0 bridgehead atoms. The van der Waals surface area contributed by atoms with Crippen molar-refractivity contribution >= 4 is 61.6 Å². The highest BCUT2D eigenvalue weighted by Crippen LogP contribution is 2.43. The molecule has 9 heteroatoms. The number of sulfone groups is 1. The summed E-state index contributed by atoms with van der Waals surface area (Å²) in [5, 5.41) is 1.24. The number of hydrogen-bond donors (Lipinski definition) is 0. The summed E-state index contributed by atoms with van der Waals surface area (Å²) in [5.74, 6) is -0.244. The van der Waals surface area contributed by atoms with Crippen molar-refractivity contribution < 1.29 is 13.2 Å². The maximum absolute atomic E-state index is 11.9. The fraction of sp³-hybridized carbons (Fsp3) is 0.385. The molecule has 22 heavy (non-hydrogen) atoms. The molecule has 2 saturated heterocycles. The van der Waals surface area contributed by atoms with E-state index in [9.17, 15) is 13.2 Å². The van der Waals surface area contributed by atoms with Crippen LogP contribution in [0.5, 0.6) is 0 Å². The fourth-order valence-electron chi connectivity index (χ4n) is 2.65. The zero-order valence-corrected chi connectivity index (χ0v) is 14.6. The van der Waals surface area contributed by atoms with E-state index in [1.54, 1.807) is 23.1 Å². The minimum absolute atomic E-state index is 0.0183. The Hall–Kier alpha value is -0.760. The van der Waals surface area contributed by atoms with Gasteiger partial charge in [-0.05, 0) is 18.2 Å². The van der Waals surface area contributed by atoms with Gasteiger partial charge in [0.25, 0.3) is 0 Å². The summed E-state index contributed by atoms with van der Waals surface area (Å²) in [6, 6.07) is 4.67. The van der Waals surface area contributed by atoms with Crippen molar-refractivity contribution in [2.24, 2.45) is 4.99 Å². The molecule has 0 saturated carbocycles. The zero-order valence-electron chi connectivity index (χ0n) is 11.5. The van der Waals surface area contributed by atoms with Gasteiger partial charge >= 0.3 is 0 Å². The molecule has 1 aromatic rings. The molecule has 2 aliphatic heterocycles. The van der Waals surface area contributed by atoms with E-state index in [1.165, 1.54) is 18.7 Å². The Morgan fingerprint density at radius 2 is 2.09 bits per heavy atom. The van der Waals surface area contributed by atoms with Crippen LogP contribution in [0.1, 0.15) is 6.92 Å². The van der Waals surface area contributed by atoms with Crippen molar-refractivity contribution in [2.75, 3.05) is 16.4 Å². The molecule has 3 rings (SSSR count). The molecule has 0 radical (unpaired) electrons. The third-order valence-corrected chi connectivity index (χ3v) is 7.25. The van der Waals surface area contributed by atoms with Crippen LogP contribution >= 0.6 is 35.0 Å². The third kappa shape index (κ3) is 2.99. The topological polar surface area (TPSA) is 66.8 Å². The lowest BCUT2D eigenvalue weighted by molar-refractivity contribution is -0.115. The maximum Gasteiger partial charge on any atom is 0.244 e. The molecular weight excluding hydrogens is 367 g/mol. The van der Waals surface area contributed by atoms with Crippen LogP contribution in [0.3, 0.4) is 0 Å². The normalized spacial score (nSPS) is 28.1. The monoisotopic (exact) mass is 378 g/mol. The fourth-order valence-corrected chi connectivity index (χ4v) is 6.98. The molecular formula is C13H12Cl2N2O3S2. The van der Waals surface area contributed by atoms with E-state index in [0.29, 0.717) is 20.9 Å². The molecule has 2 atom stereocenters. The van der Waals surface area contributed by atoms with Gasteiger partial charge in [-0.3, -0.25) is 4.79 Å². The number of nitrogens with zero attached hydrogens (tertiary/aromatic N) is 2. The number of amides is 1. The maximum atomic E-state index is 11.9. The number of aliphatic imine (C=N–C) groups is 1. The van der Waals surface area contributed by atoms with Crippen molar-refractivity contribution in [1.82, 2.24) is 0 Å². The summed E-state index contributed by atoms with van der Waals surface area (Å²) in [7, 11) is -3.10. The molecule has 2 aliphatic rings. The van der Waals surface area contributed by atoms with E-state index < -0.39 is 9.84 Å². The van der Waals surface area contributed by atoms with E-state index >= 15 is 0 Å². The number of halogens is 2. The van der Waals surface area contributed by atoms with Crippen LogP contribution in [0, 0.1) is 0 Å². The predicted molar refractivity (Wildman–Crippen MR) is 90.9 cm³/mol. The molecule has 0 aliphatic carbocycles. The Balaban J connectivity index is 2.10. The predicted octanol–water partition coefficient (Wildman–Crippen LogP) is 2.61. The molecule has 1 amide bonds. The number of carbonyl (C=O) groups is 1. The van der Waals surface area contributed by atoms with Gasteiger partial charge in [0.2, 0.25) is 5.91 Å². The van der Waals surface area contributed by atoms with Crippen LogP contribution in [0.15, 0.2) is 23.2 Å². The second-order valence-corrected chi connectivity index (χ2v) is 9.38. The van der Waals surface area contributed by atoms with Gasteiger partial charge in [0.1, 0.15) is 0 Å². The number of hydrogen-bond acceptors (Lipinski definition) is 4. The first kappa shape index (κ1) is 16.1. The number of benzene rings is 1. The van der Waals surface area contributed by atoms with E-state index in [1.807, 2.05) is 0 Å². The number of amidine groups is 1. The quantitative estimate of drug-likeness (QED) is 0.751. The van der Waals surface area contributed by atoms with Crippen molar-refractivity contribution in [3.63, 3.8) is 0 Å². The summed E-state index contributed by atoms with van der Waals surface area (Å²) >= 11 is 13.6. The van der Waals surface area contributed by atoms with Crippen molar-refractivity contribution in [1.29, 1.82) is 0 Å². The number of rotatable bonds is 1. The van der Waals surface area contributed by atoms with E-state index in [4.69, 9.17) is 23.2 Å². The van der Waals surface area contributed by atoms with E-state index in [-0.39, 0.29) is 28.7 Å². The number of fused-ring (bicyclic) bond motifs is 1. The lowest BCUT2D eigenvalue weighted by atomic mass is 10.2. The van der Waals surface area contributed by atoms with Crippen LogP contribution in [0.25, 0.3) is 0 Å². The Bertz CT molecular complexity index is 779. The van der Waals surface area contributed by atoms with Crippen molar-refractivity contribution in [2.45, 2.75) is 18.2 Å². The van der Waals surface area contributed by atoms with Gasteiger partial charge in [0, 0.05) is 17.2 Å². The third-order valence-electron chi connectivity index (χ3n) is 3.49. The summed E-state index contributed by atoms with van der Waals surface area (Å²) in [6.07, 6.45) is 0. The average molecular weight is 379 g/mol. The SMILES string of the molecule is CC(=O)N=C1S[C@@H]2CS(=O)(=O)C[C@@H]2N1c1cc(Cl)ccc1Cl. The van der Waals surface area contributed by atoms with Crippen LogP contribution in [0.4, 0.5) is 5.69 Å². The molecule has 2 heterocycles. The Kier molecular flexibility index (Phi) is 4.18. The molecule has 5 nitrogen and oxygen atoms in total. The van der Waals surface area contributed by atoms with Gasteiger partial charge in [0.05, 0.1) is 28.3 Å². The summed E-state index contributed by atoms with van der Waals surface area (Å²) in [5.41, 5.74) is 0.575. The zero-order chi connectivity index (χ0) is 16.1. The van der Waals surface area contributed by atoms with Gasteiger partial charge in [-0.25, -0.2) is 8.42 Å². The standard InChI is InChI=1S/C13H12Cl2N2O3S2/c1-7(18)16-13-17(10-4-8(14)2-3-9(10)15)11-5-22(19,20)6-12(11)21-13/h2-4,11-12H,5-6H2,1H3/t11-,12+/m0/s1. The number of anilines is 1. The van der Waals surface area contributed by atoms with Gasteiger partial charge < -0.3 is 4.90 Å². The molecule has 0 N–H and O–H groups in total. The Morgan fingerprint density at radius 1 is 1.36 bits per heavy atom. The molecule has 2 fully saturated rings. The van der Waals surface area contributed by atoms with Gasteiger partial charge in [0.15, 0.2) is 15.0 Å². The first-order chi connectivity index (χ1) is 10.3. The van der Waals surface area contributed by atoms with Gasteiger partial charge in [-0.2, -0.15) is 4.99 Å². The summed E-state index contributed by atoms with van der Waals surface area (Å²) in [6.45, 7) is 1.36. The van der Waals surface area contributed by atoms with E-state index in [0.717, 1.165) is 0 Å². The van der Waals surface area contributed by atoms with Crippen LogP contribution < -0.4 is 4.90 Å². The second-order valence-electron chi connectivity index (χ2n) is 5.18. The lowest BCUT2D eigenvalue weighted by Gasteiger charge is -2.25. The minimum atomic E-state index is -3.10. The average Bonchev–Trinajstić information content (AvgIpc) is 2.83. The highest BCUT2D eigenvalue weighted by atomic mass is 35.5. The van der Waals surface area contributed by atoms with Crippen LogP contribution in [0.2, 0.25) is 10.0 Å². The summed E-state index contributed by atoms with van der Waals surface area (Å²) in [4.78, 5) is 17.1. The molecule has 0 spiro atoms. The first-order valence-corrected chi connectivity index (χ1v) is 9.93. The van der Waals surface area contributed by atoms with Gasteiger partial charge in [-0.1, -0.05) is 35.0 Å². The molecule has 118 valence electrons. The highest BCUT2D eigenvalue weighted by Gasteiger charge is 2.49. The molecule has 0 unspecified atom stereocenters. The van der Waals surface area contributed by atoms with Crippen LogP contribution in [-0.4, -0.2) is 42.3 Å². The second kappa shape index (κ2) is 5.70. The molecule has 0 aromatic heterocycles. The Labute approximate surface area is 142 Å². The summed E-state index contributed by atoms with van der Waals surface area (Å²) < 4.78 is 23.8.